The van der Waals surface area contributed by atoms with E-state index in [1.54, 1.807) is 18.0 Å². The van der Waals surface area contributed by atoms with E-state index in [1.807, 2.05) is 25.1 Å². The minimum absolute atomic E-state index is 0.0831. The summed E-state index contributed by atoms with van der Waals surface area (Å²) in [5.74, 6) is 1.66. The van der Waals surface area contributed by atoms with Crippen molar-refractivity contribution in [2.24, 2.45) is 0 Å². The zero-order valence-corrected chi connectivity index (χ0v) is 16.8. The van der Waals surface area contributed by atoms with Gasteiger partial charge in [-0.1, -0.05) is 6.07 Å². The molecule has 1 aromatic carbocycles. The van der Waals surface area contributed by atoms with Crippen molar-refractivity contribution < 1.29 is 18.3 Å². The molecule has 0 bridgehead atoms. The van der Waals surface area contributed by atoms with Crippen LogP contribution < -0.4 is 4.74 Å². The minimum atomic E-state index is -0.334. The molecule has 3 rings (SSSR count). The predicted octanol–water partition coefficient (Wildman–Crippen LogP) is 2.51. The van der Waals surface area contributed by atoms with Crippen LogP contribution in [0.25, 0.3) is 0 Å². The van der Waals surface area contributed by atoms with E-state index >= 15 is 0 Å². The SMILES string of the molecule is COc1ccc(CN2CCN(CC(=O)N(C)Cc3ccc(C)o3)CC2)cc1F. The summed E-state index contributed by atoms with van der Waals surface area (Å²) in [6.07, 6.45) is 0. The second kappa shape index (κ2) is 9.21. The number of rotatable bonds is 7. The third kappa shape index (κ3) is 5.33. The van der Waals surface area contributed by atoms with Crippen LogP contribution in [0.4, 0.5) is 4.39 Å². The quantitative estimate of drug-likeness (QED) is 0.728. The molecule has 1 aliphatic heterocycles. The molecule has 1 saturated heterocycles. The average molecular weight is 389 g/mol. The zero-order chi connectivity index (χ0) is 20.1. The fraction of sp³-hybridized carbons (Fsp3) is 0.476. The molecule has 0 spiro atoms. The first kappa shape index (κ1) is 20.4. The summed E-state index contributed by atoms with van der Waals surface area (Å²) in [7, 11) is 3.26. The van der Waals surface area contributed by atoms with E-state index in [2.05, 4.69) is 9.80 Å². The van der Waals surface area contributed by atoms with E-state index in [1.165, 1.54) is 13.2 Å². The maximum atomic E-state index is 13.8. The summed E-state index contributed by atoms with van der Waals surface area (Å²) in [4.78, 5) is 18.6. The van der Waals surface area contributed by atoms with Gasteiger partial charge in [0.2, 0.25) is 5.91 Å². The molecular weight excluding hydrogens is 361 g/mol. The van der Waals surface area contributed by atoms with Crippen molar-refractivity contribution in [3.05, 3.63) is 53.2 Å². The number of nitrogens with zero attached hydrogens (tertiary/aromatic N) is 3. The van der Waals surface area contributed by atoms with Crippen molar-refractivity contribution in [3.63, 3.8) is 0 Å². The number of piperazine rings is 1. The number of methoxy groups -OCH3 is 1. The second-order valence-electron chi connectivity index (χ2n) is 7.28. The average Bonchev–Trinajstić information content (AvgIpc) is 3.08. The highest BCUT2D eigenvalue weighted by Crippen LogP contribution is 2.19. The maximum Gasteiger partial charge on any atom is 0.236 e. The van der Waals surface area contributed by atoms with Gasteiger partial charge in [0, 0.05) is 39.8 Å². The Hall–Kier alpha value is -2.38. The van der Waals surface area contributed by atoms with E-state index in [4.69, 9.17) is 9.15 Å². The molecule has 0 atom stereocenters. The number of hydrogen-bond donors (Lipinski definition) is 0. The third-order valence-corrected chi connectivity index (χ3v) is 5.06. The Labute approximate surface area is 165 Å². The third-order valence-electron chi connectivity index (χ3n) is 5.06. The molecule has 0 saturated carbocycles. The molecule has 1 fully saturated rings. The molecule has 0 aliphatic carbocycles. The van der Waals surface area contributed by atoms with Crippen molar-refractivity contribution in [1.29, 1.82) is 0 Å². The summed E-state index contributed by atoms with van der Waals surface area (Å²) in [5.41, 5.74) is 0.927. The number of aryl methyl sites for hydroxylation is 1. The van der Waals surface area contributed by atoms with Crippen LogP contribution in [0.1, 0.15) is 17.1 Å². The first-order valence-corrected chi connectivity index (χ1v) is 9.51. The van der Waals surface area contributed by atoms with Gasteiger partial charge in [-0.3, -0.25) is 14.6 Å². The van der Waals surface area contributed by atoms with Crippen molar-refractivity contribution in [3.8, 4) is 5.75 Å². The Kier molecular flexibility index (Phi) is 6.70. The van der Waals surface area contributed by atoms with Gasteiger partial charge in [0.05, 0.1) is 20.2 Å². The van der Waals surface area contributed by atoms with Crippen LogP contribution >= 0.6 is 0 Å². The van der Waals surface area contributed by atoms with Crippen molar-refractivity contribution in [2.45, 2.75) is 20.0 Å². The van der Waals surface area contributed by atoms with Gasteiger partial charge in [0.15, 0.2) is 11.6 Å². The van der Waals surface area contributed by atoms with Gasteiger partial charge in [0.25, 0.3) is 0 Å². The molecule has 2 heterocycles. The predicted molar refractivity (Wildman–Crippen MR) is 105 cm³/mol. The number of furan rings is 1. The summed E-state index contributed by atoms with van der Waals surface area (Å²) >= 11 is 0. The number of carbonyl (C=O) groups excluding carboxylic acids is 1. The standard InChI is InChI=1S/C21H28FN3O3/c1-16-4-6-18(28-16)14-23(2)21(26)15-25-10-8-24(9-11-25)13-17-5-7-20(27-3)19(22)12-17/h4-7,12H,8-11,13-15H2,1-3H3. The van der Waals surface area contributed by atoms with E-state index in [9.17, 15) is 9.18 Å². The summed E-state index contributed by atoms with van der Waals surface area (Å²) in [6, 6.07) is 8.89. The molecule has 28 heavy (non-hydrogen) atoms. The highest BCUT2D eigenvalue weighted by atomic mass is 19.1. The Morgan fingerprint density at radius 1 is 1.18 bits per heavy atom. The van der Waals surface area contributed by atoms with Crippen molar-refractivity contribution in [1.82, 2.24) is 14.7 Å². The van der Waals surface area contributed by atoms with Crippen molar-refractivity contribution in [2.75, 3.05) is 46.9 Å². The molecule has 152 valence electrons. The molecule has 2 aromatic rings. The van der Waals surface area contributed by atoms with Gasteiger partial charge in [-0.2, -0.15) is 0 Å². The van der Waals surface area contributed by atoms with Crippen LogP contribution in [0.2, 0.25) is 0 Å². The molecule has 0 N–H and O–H groups in total. The number of amides is 1. The molecule has 1 aliphatic rings. The van der Waals surface area contributed by atoms with E-state index in [0.29, 0.717) is 19.6 Å². The molecule has 1 amide bonds. The Balaban J connectivity index is 1.43. The second-order valence-corrected chi connectivity index (χ2v) is 7.28. The topological polar surface area (TPSA) is 49.2 Å². The Bertz CT molecular complexity index is 800. The van der Waals surface area contributed by atoms with E-state index in [-0.39, 0.29) is 17.5 Å². The van der Waals surface area contributed by atoms with E-state index < -0.39 is 0 Å². The molecule has 0 unspecified atom stereocenters. The smallest absolute Gasteiger partial charge is 0.236 e. The number of halogens is 1. The fourth-order valence-electron chi connectivity index (χ4n) is 3.38. The van der Waals surface area contributed by atoms with Crippen LogP contribution in [0, 0.1) is 12.7 Å². The van der Waals surface area contributed by atoms with Gasteiger partial charge < -0.3 is 14.1 Å². The number of ether oxygens (including phenoxy) is 1. The first-order chi connectivity index (χ1) is 13.4. The Morgan fingerprint density at radius 3 is 2.50 bits per heavy atom. The molecule has 1 aromatic heterocycles. The summed E-state index contributed by atoms with van der Waals surface area (Å²) in [6.45, 7) is 6.81. The van der Waals surface area contributed by atoms with Gasteiger partial charge in [0.1, 0.15) is 11.5 Å². The van der Waals surface area contributed by atoms with Gasteiger partial charge in [-0.15, -0.1) is 0 Å². The van der Waals surface area contributed by atoms with E-state index in [0.717, 1.165) is 43.3 Å². The first-order valence-electron chi connectivity index (χ1n) is 9.51. The highest BCUT2D eigenvalue weighted by Gasteiger charge is 2.21. The van der Waals surface area contributed by atoms with Gasteiger partial charge in [-0.05, 0) is 36.8 Å². The highest BCUT2D eigenvalue weighted by molar-refractivity contribution is 5.77. The Morgan fingerprint density at radius 2 is 1.89 bits per heavy atom. The van der Waals surface area contributed by atoms with Gasteiger partial charge >= 0.3 is 0 Å². The van der Waals surface area contributed by atoms with Crippen LogP contribution in [0.3, 0.4) is 0 Å². The molecule has 6 nitrogen and oxygen atoms in total. The number of likely N-dealkylation sites (N-methyl/N-ethyl adjacent to an activating group) is 1. The molecular formula is C21H28FN3O3. The lowest BCUT2D eigenvalue weighted by atomic mass is 10.2. The maximum absolute atomic E-state index is 13.8. The number of carbonyl (C=O) groups is 1. The lowest BCUT2D eigenvalue weighted by Crippen LogP contribution is -2.49. The zero-order valence-electron chi connectivity index (χ0n) is 16.8. The summed E-state index contributed by atoms with van der Waals surface area (Å²) in [5, 5.41) is 0. The fourth-order valence-corrected chi connectivity index (χ4v) is 3.38. The largest absolute Gasteiger partial charge is 0.494 e. The lowest BCUT2D eigenvalue weighted by Gasteiger charge is -2.35. The lowest BCUT2D eigenvalue weighted by molar-refractivity contribution is -0.132. The number of hydrogen-bond acceptors (Lipinski definition) is 5. The van der Waals surface area contributed by atoms with Crippen molar-refractivity contribution >= 4 is 5.91 Å². The molecule has 7 heteroatoms. The number of benzene rings is 1. The van der Waals surface area contributed by atoms with Crippen LogP contribution in [0.5, 0.6) is 5.75 Å². The summed E-state index contributed by atoms with van der Waals surface area (Å²) < 4.78 is 24.3. The van der Waals surface area contributed by atoms with Crippen LogP contribution in [0.15, 0.2) is 34.7 Å². The normalized spacial score (nSPS) is 15.6. The molecule has 0 radical (unpaired) electrons. The minimum Gasteiger partial charge on any atom is -0.494 e. The van der Waals surface area contributed by atoms with Gasteiger partial charge in [-0.25, -0.2) is 4.39 Å². The monoisotopic (exact) mass is 389 g/mol. The van der Waals surface area contributed by atoms with Crippen LogP contribution in [-0.4, -0.2) is 67.5 Å². The van der Waals surface area contributed by atoms with Crippen LogP contribution in [-0.2, 0) is 17.9 Å².